The summed E-state index contributed by atoms with van der Waals surface area (Å²) in [6.07, 6.45) is 0.622. The molecule has 27 heavy (non-hydrogen) atoms. The highest BCUT2D eigenvalue weighted by Crippen LogP contribution is 2.43. The quantitative estimate of drug-likeness (QED) is 0.528. The molecule has 0 spiro atoms. The number of nitrogens with two attached hydrogens (primary N) is 1. The van der Waals surface area contributed by atoms with E-state index in [1.165, 1.54) is 0 Å². The van der Waals surface area contributed by atoms with Crippen LogP contribution in [0.1, 0.15) is 11.1 Å². The molecule has 4 aromatic carbocycles. The Labute approximate surface area is 157 Å². The molecular weight excluding hydrogens is 334 g/mol. The van der Waals surface area contributed by atoms with Crippen LogP contribution in [0.4, 0.5) is 0 Å². The monoisotopic (exact) mass is 353 g/mol. The SMILES string of the molecule is NC1(C(=O)O)Cc2ccc3ccccc3c2-c2c(ccc3ccccc23)C1. The first-order valence-corrected chi connectivity index (χ1v) is 9.11. The smallest absolute Gasteiger partial charge is 0.324 e. The van der Waals surface area contributed by atoms with Gasteiger partial charge in [-0.2, -0.15) is 0 Å². The van der Waals surface area contributed by atoms with E-state index in [0.29, 0.717) is 12.8 Å². The standard InChI is InChI=1S/C24H19NO2/c25-24(23(26)27)13-17-11-9-15-5-1-3-7-19(15)21(17)22-18(14-24)12-10-16-6-2-4-8-20(16)22/h1-12H,13-14,25H2,(H,26,27). The number of carbonyl (C=O) groups is 1. The summed E-state index contributed by atoms with van der Waals surface area (Å²) in [7, 11) is 0. The Bertz CT molecular complexity index is 1140. The van der Waals surface area contributed by atoms with Gasteiger partial charge in [-0.3, -0.25) is 4.79 Å². The van der Waals surface area contributed by atoms with Crippen LogP contribution in [0, 0.1) is 0 Å². The lowest BCUT2D eigenvalue weighted by molar-refractivity contribution is -0.143. The minimum Gasteiger partial charge on any atom is -0.480 e. The molecule has 0 atom stereocenters. The lowest BCUT2D eigenvalue weighted by Gasteiger charge is -2.23. The van der Waals surface area contributed by atoms with E-state index in [2.05, 4.69) is 36.4 Å². The fourth-order valence-corrected chi connectivity index (χ4v) is 4.41. The Hall–Kier alpha value is -3.17. The second-order valence-electron chi connectivity index (χ2n) is 7.46. The van der Waals surface area contributed by atoms with Gasteiger partial charge in [0, 0.05) is 12.8 Å². The van der Waals surface area contributed by atoms with Crippen LogP contribution in [0.15, 0.2) is 72.8 Å². The van der Waals surface area contributed by atoms with E-state index in [1.54, 1.807) is 0 Å². The molecular formula is C24H19NO2. The van der Waals surface area contributed by atoms with Gasteiger partial charge in [0.2, 0.25) is 0 Å². The average Bonchev–Trinajstić information content (AvgIpc) is 2.82. The number of rotatable bonds is 1. The van der Waals surface area contributed by atoms with Gasteiger partial charge < -0.3 is 10.8 Å². The van der Waals surface area contributed by atoms with Crippen molar-refractivity contribution in [3.63, 3.8) is 0 Å². The van der Waals surface area contributed by atoms with Crippen LogP contribution >= 0.6 is 0 Å². The summed E-state index contributed by atoms with van der Waals surface area (Å²) < 4.78 is 0. The predicted octanol–water partition coefficient (Wildman–Crippen LogP) is 4.54. The summed E-state index contributed by atoms with van der Waals surface area (Å²) in [5.74, 6) is -0.956. The molecule has 132 valence electrons. The van der Waals surface area contributed by atoms with Crippen molar-refractivity contribution in [2.75, 3.05) is 0 Å². The van der Waals surface area contributed by atoms with Crippen LogP contribution in [-0.4, -0.2) is 16.6 Å². The molecule has 0 bridgehead atoms. The van der Waals surface area contributed by atoms with Crippen molar-refractivity contribution >= 4 is 27.5 Å². The topological polar surface area (TPSA) is 63.3 Å². The molecule has 0 fully saturated rings. The lowest BCUT2D eigenvalue weighted by Crippen LogP contribution is -2.51. The second-order valence-corrected chi connectivity index (χ2v) is 7.46. The number of hydrogen-bond donors (Lipinski definition) is 2. The van der Waals surface area contributed by atoms with E-state index in [-0.39, 0.29) is 0 Å². The number of carboxylic acids is 1. The third-order valence-corrected chi connectivity index (χ3v) is 5.72. The summed E-state index contributed by atoms with van der Waals surface area (Å²) in [5, 5.41) is 14.5. The number of hydrogen-bond acceptors (Lipinski definition) is 2. The van der Waals surface area contributed by atoms with Crippen molar-refractivity contribution in [1.82, 2.24) is 0 Å². The Morgan fingerprint density at radius 3 is 1.63 bits per heavy atom. The van der Waals surface area contributed by atoms with Crippen LogP contribution in [0.2, 0.25) is 0 Å². The minimum atomic E-state index is -1.31. The molecule has 0 radical (unpaired) electrons. The van der Waals surface area contributed by atoms with Crippen molar-refractivity contribution in [1.29, 1.82) is 0 Å². The Kier molecular flexibility index (Phi) is 3.36. The van der Waals surface area contributed by atoms with Gasteiger partial charge in [-0.25, -0.2) is 0 Å². The van der Waals surface area contributed by atoms with E-state index < -0.39 is 11.5 Å². The van der Waals surface area contributed by atoms with Crippen molar-refractivity contribution < 1.29 is 9.90 Å². The number of fused-ring (bicyclic) bond motifs is 7. The molecule has 1 aliphatic rings. The third kappa shape index (κ3) is 2.36. The highest BCUT2D eigenvalue weighted by atomic mass is 16.4. The minimum absolute atomic E-state index is 0.311. The molecule has 0 amide bonds. The summed E-state index contributed by atoms with van der Waals surface area (Å²) in [5.41, 5.74) is 9.33. The average molecular weight is 353 g/mol. The summed E-state index contributed by atoms with van der Waals surface area (Å²) >= 11 is 0. The molecule has 3 N–H and O–H groups in total. The van der Waals surface area contributed by atoms with Crippen molar-refractivity contribution in [2.45, 2.75) is 18.4 Å². The zero-order chi connectivity index (χ0) is 18.6. The van der Waals surface area contributed by atoms with Crippen LogP contribution < -0.4 is 5.73 Å². The first kappa shape index (κ1) is 16.0. The molecule has 3 nitrogen and oxygen atoms in total. The van der Waals surface area contributed by atoms with Gasteiger partial charge in [-0.15, -0.1) is 0 Å². The largest absolute Gasteiger partial charge is 0.480 e. The predicted molar refractivity (Wildman–Crippen MR) is 109 cm³/mol. The number of carboxylic acid groups (broad SMARTS) is 1. The van der Waals surface area contributed by atoms with Gasteiger partial charge in [-0.05, 0) is 43.8 Å². The van der Waals surface area contributed by atoms with Gasteiger partial charge in [0.05, 0.1) is 0 Å². The van der Waals surface area contributed by atoms with E-state index in [4.69, 9.17) is 5.73 Å². The van der Waals surface area contributed by atoms with Crippen LogP contribution in [0.5, 0.6) is 0 Å². The third-order valence-electron chi connectivity index (χ3n) is 5.72. The maximum absolute atomic E-state index is 12.1. The fourth-order valence-electron chi connectivity index (χ4n) is 4.41. The molecule has 0 heterocycles. The van der Waals surface area contributed by atoms with Crippen molar-refractivity contribution in [2.24, 2.45) is 5.73 Å². The Morgan fingerprint density at radius 1 is 0.741 bits per heavy atom. The normalized spacial score (nSPS) is 15.1. The zero-order valence-corrected chi connectivity index (χ0v) is 14.8. The molecule has 0 saturated carbocycles. The first-order valence-electron chi connectivity index (χ1n) is 9.11. The van der Waals surface area contributed by atoms with E-state index in [0.717, 1.165) is 43.8 Å². The van der Waals surface area contributed by atoms with Crippen molar-refractivity contribution in [3.8, 4) is 11.1 Å². The molecule has 4 aromatic rings. The molecule has 1 aliphatic carbocycles. The lowest BCUT2D eigenvalue weighted by atomic mass is 9.87. The molecule has 5 rings (SSSR count). The van der Waals surface area contributed by atoms with Crippen LogP contribution in [-0.2, 0) is 17.6 Å². The van der Waals surface area contributed by atoms with Crippen LogP contribution in [0.25, 0.3) is 32.7 Å². The maximum atomic E-state index is 12.1. The highest BCUT2D eigenvalue weighted by molar-refractivity contribution is 6.08. The molecule has 0 aromatic heterocycles. The first-order chi connectivity index (χ1) is 13.1. The van der Waals surface area contributed by atoms with E-state index >= 15 is 0 Å². The molecule has 0 unspecified atom stereocenters. The summed E-state index contributed by atoms with van der Waals surface area (Å²) in [4.78, 5) is 12.1. The van der Waals surface area contributed by atoms with E-state index in [1.807, 2.05) is 36.4 Å². The van der Waals surface area contributed by atoms with Crippen LogP contribution in [0.3, 0.4) is 0 Å². The number of benzene rings is 4. The number of aliphatic carboxylic acids is 1. The highest BCUT2D eigenvalue weighted by Gasteiger charge is 2.38. The van der Waals surface area contributed by atoms with Gasteiger partial charge in [0.25, 0.3) is 0 Å². The maximum Gasteiger partial charge on any atom is 0.324 e. The van der Waals surface area contributed by atoms with Gasteiger partial charge in [0.1, 0.15) is 5.54 Å². The Morgan fingerprint density at radius 2 is 1.19 bits per heavy atom. The van der Waals surface area contributed by atoms with Gasteiger partial charge in [-0.1, -0.05) is 72.8 Å². The molecule has 0 aliphatic heterocycles. The van der Waals surface area contributed by atoms with Gasteiger partial charge in [0.15, 0.2) is 0 Å². The van der Waals surface area contributed by atoms with Gasteiger partial charge >= 0.3 is 5.97 Å². The Balaban J connectivity index is 1.98. The fraction of sp³-hybridized carbons (Fsp3) is 0.125. The molecule has 3 heteroatoms. The summed E-state index contributed by atoms with van der Waals surface area (Å²) in [6.45, 7) is 0. The second kappa shape index (κ2) is 5.66. The van der Waals surface area contributed by atoms with Crippen molar-refractivity contribution in [3.05, 3.63) is 83.9 Å². The zero-order valence-electron chi connectivity index (χ0n) is 14.8. The van der Waals surface area contributed by atoms with E-state index in [9.17, 15) is 9.90 Å². The molecule has 0 saturated heterocycles. The summed E-state index contributed by atoms with van der Waals surface area (Å²) in [6, 6.07) is 24.7.